The fourth-order valence-corrected chi connectivity index (χ4v) is 3.43. The summed E-state index contributed by atoms with van der Waals surface area (Å²) in [4.78, 5) is 6.96. The molecule has 0 saturated carbocycles. The van der Waals surface area contributed by atoms with Gasteiger partial charge in [0.05, 0.1) is 19.4 Å². The Balaban J connectivity index is 1.41. The van der Waals surface area contributed by atoms with Crippen molar-refractivity contribution in [3.63, 3.8) is 0 Å². The van der Waals surface area contributed by atoms with E-state index >= 15 is 0 Å². The van der Waals surface area contributed by atoms with Gasteiger partial charge in [-0.05, 0) is 30.7 Å². The number of aliphatic imine (C=N–C) groups is 1. The minimum atomic E-state index is 0.501. The monoisotopic (exact) mass is 381 g/mol. The standard InChI is InChI=1S/C22H27N3O3/c1-25(15-20-13-18-5-2-3-7-21(18)28-20)22(24-14-17-9-12-26-16-17)23-10-8-19-6-4-11-27-19/h2-7,11,13,17H,8-10,12,14-16H2,1H3,(H,23,24). The first kappa shape index (κ1) is 18.6. The van der Waals surface area contributed by atoms with E-state index in [0.29, 0.717) is 12.5 Å². The van der Waals surface area contributed by atoms with Crippen molar-refractivity contribution in [2.24, 2.45) is 10.9 Å². The number of para-hydroxylation sites is 1. The van der Waals surface area contributed by atoms with Gasteiger partial charge in [-0.2, -0.15) is 0 Å². The number of nitrogens with zero attached hydrogens (tertiary/aromatic N) is 2. The Morgan fingerprint density at radius 1 is 1.21 bits per heavy atom. The van der Waals surface area contributed by atoms with E-state index in [4.69, 9.17) is 18.6 Å². The van der Waals surface area contributed by atoms with E-state index in [1.54, 1.807) is 6.26 Å². The molecule has 1 saturated heterocycles. The highest BCUT2D eigenvalue weighted by molar-refractivity contribution is 5.80. The number of hydrogen-bond acceptors (Lipinski definition) is 4. The summed E-state index contributed by atoms with van der Waals surface area (Å²) in [5.41, 5.74) is 0.915. The zero-order valence-electron chi connectivity index (χ0n) is 16.3. The number of ether oxygens (including phenoxy) is 1. The van der Waals surface area contributed by atoms with E-state index in [1.165, 1.54) is 0 Å². The number of rotatable bonds is 7. The van der Waals surface area contributed by atoms with Gasteiger partial charge in [-0.3, -0.25) is 4.99 Å². The van der Waals surface area contributed by atoms with Gasteiger partial charge in [0, 0.05) is 44.5 Å². The highest BCUT2D eigenvalue weighted by Gasteiger charge is 2.17. The van der Waals surface area contributed by atoms with Crippen molar-refractivity contribution < 1.29 is 13.6 Å². The Morgan fingerprint density at radius 3 is 2.93 bits per heavy atom. The lowest BCUT2D eigenvalue weighted by Crippen LogP contribution is -2.39. The van der Waals surface area contributed by atoms with E-state index in [2.05, 4.69) is 22.3 Å². The summed E-state index contributed by atoms with van der Waals surface area (Å²) in [6, 6.07) is 14.1. The molecule has 0 bridgehead atoms. The molecule has 6 nitrogen and oxygen atoms in total. The summed E-state index contributed by atoms with van der Waals surface area (Å²) >= 11 is 0. The van der Waals surface area contributed by atoms with Gasteiger partial charge in [0.25, 0.3) is 0 Å². The molecule has 0 amide bonds. The summed E-state index contributed by atoms with van der Waals surface area (Å²) in [5.74, 6) is 3.27. The third-order valence-corrected chi connectivity index (χ3v) is 4.99. The Kier molecular flexibility index (Phi) is 5.97. The van der Waals surface area contributed by atoms with Crippen LogP contribution in [0.4, 0.5) is 0 Å². The van der Waals surface area contributed by atoms with Crippen molar-refractivity contribution in [3.05, 3.63) is 60.2 Å². The largest absolute Gasteiger partial charge is 0.469 e. The number of benzene rings is 1. The van der Waals surface area contributed by atoms with Crippen molar-refractivity contribution in [2.75, 3.05) is 33.4 Å². The zero-order chi connectivity index (χ0) is 19.2. The molecular weight excluding hydrogens is 354 g/mol. The molecule has 2 aromatic heterocycles. The number of fused-ring (bicyclic) bond motifs is 1. The first-order valence-corrected chi connectivity index (χ1v) is 9.85. The van der Waals surface area contributed by atoms with Crippen LogP contribution in [0.25, 0.3) is 11.0 Å². The van der Waals surface area contributed by atoms with Crippen molar-refractivity contribution in [1.82, 2.24) is 10.2 Å². The maximum absolute atomic E-state index is 5.97. The van der Waals surface area contributed by atoms with Gasteiger partial charge in [-0.1, -0.05) is 18.2 Å². The average molecular weight is 381 g/mol. The van der Waals surface area contributed by atoms with E-state index in [0.717, 1.165) is 67.6 Å². The summed E-state index contributed by atoms with van der Waals surface area (Å²) in [5, 5.41) is 4.59. The van der Waals surface area contributed by atoms with Gasteiger partial charge in [0.15, 0.2) is 5.96 Å². The molecule has 1 aromatic carbocycles. The Labute approximate surface area is 165 Å². The predicted octanol–water partition coefficient (Wildman–Crippen LogP) is 3.68. The molecule has 1 fully saturated rings. The molecule has 3 heterocycles. The Hall–Kier alpha value is -2.73. The fraction of sp³-hybridized carbons (Fsp3) is 0.409. The third-order valence-electron chi connectivity index (χ3n) is 4.99. The summed E-state index contributed by atoms with van der Waals surface area (Å²) in [7, 11) is 2.04. The molecule has 1 aliphatic rings. The highest BCUT2D eigenvalue weighted by atomic mass is 16.5. The number of nitrogens with one attached hydrogen (secondary N) is 1. The average Bonchev–Trinajstić information content (AvgIpc) is 3.45. The lowest BCUT2D eigenvalue weighted by Gasteiger charge is -2.22. The number of furan rings is 2. The highest BCUT2D eigenvalue weighted by Crippen LogP contribution is 2.20. The molecule has 0 aliphatic carbocycles. The molecule has 6 heteroatoms. The molecular formula is C22H27N3O3. The second-order valence-corrected chi connectivity index (χ2v) is 7.26. The first-order valence-electron chi connectivity index (χ1n) is 9.85. The molecule has 28 heavy (non-hydrogen) atoms. The van der Waals surface area contributed by atoms with Gasteiger partial charge in [0.1, 0.15) is 17.1 Å². The molecule has 1 atom stereocenters. The number of hydrogen-bond donors (Lipinski definition) is 1. The summed E-state index contributed by atoms with van der Waals surface area (Å²) < 4.78 is 16.9. The van der Waals surface area contributed by atoms with Crippen molar-refractivity contribution in [1.29, 1.82) is 0 Å². The van der Waals surface area contributed by atoms with E-state index in [1.807, 2.05) is 37.4 Å². The zero-order valence-corrected chi connectivity index (χ0v) is 16.3. The third kappa shape index (κ3) is 4.75. The predicted molar refractivity (Wildman–Crippen MR) is 109 cm³/mol. The van der Waals surface area contributed by atoms with Crippen LogP contribution in [-0.2, 0) is 17.7 Å². The summed E-state index contributed by atoms with van der Waals surface area (Å²) in [6.45, 7) is 3.83. The van der Waals surface area contributed by atoms with Crippen LogP contribution in [0.3, 0.4) is 0 Å². The van der Waals surface area contributed by atoms with Crippen molar-refractivity contribution in [2.45, 2.75) is 19.4 Å². The second-order valence-electron chi connectivity index (χ2n) is 7.26. The number of guanidine groups is 1. The van der Waals surface area contributed by atoms with Crippen LogP contribution < -0.4 is 5.32 Å². The lowest BCUT2D eigenvalue weighted by molar-refractivity contribution is 0.187. The minimum absolute atomic E-state index is 0.501. The van der Waals surface area contributed by atoms with Crippen molar-refractivity contribution in [3.8, 4) is 0 Å². The van der Waals surface area contributed by atoms with E-state index < -0.39 is 0 Å². The van der Waals surface area contributed by atoms with Crippen LogP contribution in [0.2, 0.25) is 0 Å². The molecule has 4 rings (SSSR count). The van der Waals surface area contributed by atoms with Crippen LogP contribution >= 0.6 is 0 Å². The van der Waals surface area contributed by atoms with Crippen LogP contribution in [0, 0.1) is 5.92 Å². The van der Waals surface area contributed by atoms with Crippen LogP contribution in [0.1, 0.15) is 17.9 Å². The maximum atomic E-state index is 5.97. The molecule has 0 radical (unpaired) electrons. The van der Waals surface area contributed by atoms with E-state index in [-0.39, 0.29) is 0 Å². The first-order chi connectivity index (χ1) is 13.8. The Morgan fingerprint density at radius 2 is 2.14 bits per heavy atom. The van der Waals surface area contributed by atoms with Gasteiger partial charge >= 0.3 is 0 Å². The Bertz CT molecular complexity index is 862. The molecule has 3 aromatic rings. The van der Waals surface area contributed by atoms with Gasteiger partial charge < -0.3 is 23.8 Å². The molecule has 0 spiro atoms. The quantitative estimate of drug-likeness (QED) is 0.500. The van der Waals surface area contributed by atoms with Gasteiger partial charge in [-0.15, -0.1) is 0 Å². The lowest BCUT2D eigenvalue weighted by atomic mass is 10.1. The normalized spacial score (nSPS) is 17.3. The smallest absolute Gasteiger partial charge is 0.194 e. The molecule has 1 N–H and O–H groups in total. The van der Waals surface area contributed by atoms with Gasteiger partial charge in [-0.25, -0.2) is 0 Å². The molecule has 148 valence electrons. The molecule has 1 aliphatic heterocycles. The fourth-order valence-electron chi connectivity index (χ4n) is 3.43. The minimum Gasteiger partial charge on any atom is -0.469 e. The SMILES string of the molecule is CN(Cc1cc2ccccc2o1)C(=NCC1CCOC1)NCCc1ccco1. The van der Waals surface area contributed by atoms with Gasteiger partial charge in [0.2, 0.25) is 0 Å². The van der Waals surface area contributed by atoms with Crippen LogP contribution in [0.5, 0.6) is 0 Å². The van der Waals surface area contributed by atoms with Crippen molar-refractivity contribution >= 4 is 16.9 Å². The molecule has 1 unspecified atom stereocenters. The maximum Gasteiger partial charge on any atom is 0.194 e. The summed E-state index contributed by atoms with van der Waals surface area (Å²) in [6.07, 6.45) is 3.60. The van der Waals surface area contributed by atoms with E-state index in [9.17, 15) is 0 Å². The van der Waals surface area contributed by atoms with Crippen LogP contribution in [-0.4, -0.2) is 44.2 Å². The van der Waals surface area contributed by atoms with Crippen LogP contribution in [0.15, 0.2) is 62.6 Å². The second kappa shape index (κ2) is 8.97. The topological polar surface area (TPSA) is 63.1 Å².